The first-order valence-electron chi connectivity index (χ1n) is 8.93. The molecule has 1 aliphatic carbocycles. The average Bonchev–Trinajstić information content (AvgIpc) is 2.66. The van der Waals surface area contributed by atoms with Gasteiger partial charge >= 0.3 is 6.18 Å². The van der Waals surface area contributed by atoms with E-state index in [1.54, 1.807) is 24.3 Å². The average molecular weight is 411 g/mol. The number of rotatable bonds is 6. The molecule has 1 aromatic carbocycles. The van der Waals surface area contributed by atoms with E-state index in [-0.39, 0.29) is 24.4 Å². The minimum Gasteiger partial charge on any atom is -0.238 e. The molecule has 0 fully saturated rings. The van der Waals surface area contributed by atoms with Crippen LogP contribution in [-0.2, 0) is 35.5 Å². The van der Waals surface area contributed by atoms with Crippen molar-refractivity contribution in [1.29, 1.82) is 0 Å². The molecule has 1 aliphatic rings. The van der Waals surface area contributed by atoms with E-state index in [1.807, 2.05) is 6.07 Å². The second-order valence-corrected chi connectivity index (χ2v) is 8.17. The SMILES string of the molecule is O=S(=O)(C=Cc1ccccc1)NCCc1nc2c(c(C(F)(F)F)n1)CCCC2. The van der Waals surface area contributed by atoms with Crippen molar-refractivity contribution in [3.63, 3.8) is 0 Å². The lowest BCUT2D eigenvalue weighted by Gasteiger charge is -2.20. The molecule has 2 aromatic rings. The lowest BCUT2D eigenvalue weighted by molar-refractivity contribution is -0.142. The van der Waals surface area contributed by atoms with Crippen LogP contribution < -0.4 is 4.72 Å². The summed E-state index contributed by atoms with van der Waals surface area (Å²) < 4.78 is 66.4. The van der Waals surface area contributed by atoms with Gasteiger partial charge in [0.25, 0.3) is 0 Å². The van der Waals surface area contributed by atoms with Crippen LogP contribution in [0.3, 0.4) is 0 Å². The molecule has 0 bridgehead atoms. The Kier molecular flexibility index (Phi) is 6.14. The summed E-state index contributed by atoms with van der Waals surface area (Å²) in [7, 11) is -3.71. The number of fused-ring (bicyclic) bond motifs is 1. The van der Waals surface area contributed by atoms with Crippen LogP contribution in [0.5, 0.6) is 0 Å². The minimum atomic E-state index is -4.54. The fourth-order valence-electron chi connectivity index (χ4n) is 3.08. The Morgan fingerprint density at radius 1 is 1.07 bits per heavy atom. The Balaban J connectivity index is 1.68. The maximum Gasteiger partial charge on any atom is 0.433 e. The van der Waals surface area contributed by atoms with Gasteiger partial charge in [-0.1, -0.05) is 30.3 Å². The van der Waals surface area contributed by atoms with Crippen LogP contribution in [0, 0.1) is 0 Å². The van der Waals surface area contributed by atoms with Gasteiger partial charge in [0.2, 0.25) is 10.0 Å². The molecule has 0 saturated heterocycles. The molecule has 28 heavy (non-hydrogen) atoms. The summed E-state index contributed by atoms with van der Waals surface area (Å²) in [4.78, 5) is 7.92. The van der Waals surface area contributed by atoms with Crippen LogP contribution in [0.15, 0.2) is 35.7 Å². The van der Waals surface area contributed by atoms with Crippen LogP contribution in [0.4, 0.5) is 13.2 Å². The number of nitrogens with one attached hydrogen (secondary N) is 1. The second-order valence-electron chi connectivity index (χ2n) is 6.52. The van der Waals surface area contributed by atoms with Gasteiger partial charge in [0.05, 0.1) is 0 Å². The Morgan fingerprint density at radius 2 is 1.79 bits per heavy atom. The maximum atomic E-state index is 13.3. The van der Waals surface area contributed by atoms with Crippen molar-refractivity contribution >= 4 is 16.1 Å². The highest BCUT2D eigenvalue weighted by atomic mass is 32.2. The van der Waals surface area contributed by atoms with Gasteiger partial charge in [-0.2, -0.15) is 13.2 Å². The van der Waals surface area contributed by atoms with E-state index < -0.39 is 21.9 Å². The molecule has 1 N–H and O–H groups in total. The highest BCUT2D eigenvalue weighted by Gasteiger charge is 2.37. The van der Waals surface area contributed by atoms with Crippen LogP contribution in [0.2, 0.25) is 0 Å². The molecule has 0 saturated carbocycles. The van der Waals surface area contributed by atoms with E-state index in [2.05, 4.69) is 14.7 Å². The molecule has 1 heterocycles. The van der Waals surface area contributed by atoms with Gasteiger partial charge in [0, 0.05) is 29.6 Å². The summed E-state index contributed by atoms with van der Waals surface area (Å²) in [5, 5.41) is 1.02. The van der Waals surface area contributed by atoms with E-state index in [4.69, 9.17) is 0 Å². The van der Waals surface area contributed by atoms with Crippen molar-refractivity contribution in [3.05, 3.63) is 64.1 Å². The number of halogens is 3. The van der Waals surface area contributed by atoms with Crippen molar-refractivity contribution in [2.45, 2.75) is 38.3 Å². The van der Waals surface area contributed by atoms with Crippen molar-refractivity contribution in [1.82, 2.24) is 14.7 Å². The fourth-order valence-corrected chi connectivity index (χ4v) is 3.90. The molecule has 150 valence electrons. The summed E-state index contributed by atoms with van der Waals surface area (Å²) in [5.41, 5.74) is 0.434. The van der Waals surface area contributed by atoms with Crippen molar-refractivity contribution in [2.24, 2.45) is 0 Å². The Hall–Kier alpha value is -2.26. The summed E-state index contributed by atoms with van der Waals surface area (Å²) in [6.45, 7) is -0.0858. The first kappa shape index (κ1) is 20.5. The third-order valence-corrected chi connectivity index (χ3v) is 5.49. The zero-order valence-corrected chi connectivity index (χ0v) is 15.9. The number of nitrogens with zero attached hydrogens (tertiary/aromatic N) is 2. The van der Waals surface area contributed by atoms with Crippen LogP contribution in [0.1, 0.15) is 41.2 Å². The molecule has 3 rings (SSSR count). The molecule has 0 atom stereocenters. The smallest absolute Gasteiger partial charge is 0.238 e. The molecule has 0 unspecified atom stereocenters. The van der Waals surface area contributed by atoms with Gasteiger partial charge in [0.1, 0.15) is 5.82 Å². The number of benzene rings is 1. The normalized spacial score (nSPS) is 15.0. The Bertz CT molecular complexity index is 958. The predicted octanol–water partition coefficient (Wildman–Crippen LogP) is 3.51. The molecule has 1 aromatic heterocycles. The standard InChI is InChI=1S/C19H20F3N3O2S/c20-19(21,22)18-15-8-4-5-9-16(15)24-17(25-18)10-12-23-28(26,27)13-11-14-6-2-1-3-7-14/h1-3,6-7,11,13,23H,4-5,8-10,12H2. The molecule has 0 aliphatic heterocycles. The predicted molar refractivity (Wildman–Crippen MR) is 99.8 cm³/mol. The maximum absolute atomic E-state index is 13.3. The fraction of sp³-hybridized carbons (Fsp3) is 0.368. The molecular weight excluding hydrogens is 391 g/mol. The van der Waals surface area contributed by atoms with E-state index in [9.17, 15) is 21.6 Å². The zero-order chi connectivity index (χ0) is 20.2. The summed E-state index contributed by atoms with van der Waals surface area (Å²) >= 11 is 0. The number of hydrogen-bond acceptors (Lipinski definition) is 4. The zero-order valence-electron chi connectivity index (χ0n) is 15.0. The first-order valence-corrected chi connectivity index (χ1v) is 10.5. The minimum absolute atomic E-state index is 0.00251. The quantitative estimate of drug-likeness (QED) is 0.790. The van der Waals surface area contributed by atoms with Gasteiger partial charge in [-0.15, -0.1) is 0 Å². The third kappa shape index (κ3) is 5.39. The van der Waals surface area contributed by atoms with Gasteiger partial charge < -0.3 is 0 Å². The number of alkyl halides is 3. The molecule has 0 spiro atoms. The van der Waals surface area contributed by atoms with E-state index in [1.165, 1.54) is 6.08 Å². The van der Waals surface area contributed by atoms with Crippen LogP contribution in [0.25, 0.3) is 6.08 Å². The van der Waals surface area contributed by atoms with Crippen LogP contribution in [-0.4, -0.2) is 24.9 Å². The number of aromatic nitrogens is 2. The summed E-state index contributed by atoms with van der Waals surface area (Å²) in [6.07, 6.45) is -0.837. The number of hydrogen-bond donors (Lipinski definition) is 1. The van der Waals surface area contributed by atoms with Crippen molar-refractivity contribution in [3.8, 4) is 0 Å². The molecule has 0 radical (unpaired) electrons. The number of aryl methyl sites for hydroxylation is 1. The molecular formula is C19H20F3N3O2S. The van der Waals surface area contributed by atoms with Gasteiger partial charge in [-0.25, -0.2) is 23.1 Å². The summed E-state index contributed by atoms with van der Waals surface area (Å²) in [6, 6.07) is 8.89. The molecule has 9 heteroatoms. The van der Waals surface area contributed by atoms with Gasteiger partial charge in [-0.3, -0.25) is 0 Å². The van der Waals surface area contributed by atoms with E-state index in [0.717, 1.165) is 17.4 Å². The second kappa shape index (κ2) is 8.40. The van der Waals surface area contributed by atoms with Crippen molar-refractivity contribution < 1.29 is 21.6 Å². The van der Waals surface area contributed by atoms with E-state index >= 15 is 0 Å². The van der Waals surface area contributed by atoms with Gasteiger partial charge in [0.15, 0.2) is 5.69 Å². The Morgan fingerprint density at radius 3 is 2.50 bits per heavy atom. The highest BCUT2D eigenvalue weighted by Crippen LogP contribution is 2.34. The largest absolute Gasteiger partial charge is 0.433 e. The van der Waals surface area contributed by atoms with E-state index in [0.29, 0.717) is 25.0 Å². The summed E-state index contributed by atoms with van der Waals surface area (Å²) in [5.74, 6) is 0.00251. The Labute approximate surface area is 161 Å². The lowest BCUT2D eigenvalue weighted by Crippen LogP contribution is -2.26. The number of sulfonamides is 1. The topological polar surface area (TPSA) is 72.0 Å². The highest BCUT2D eigenvalue weighted by molar-refractivity contribution is 7.92. The van der Waals surface area contributed by atoms with Crippen LogP contribution >= 0.6 is 0 Å². The first-order chi connectivity index (χ1) is 13.2. The molecule has 5 nitrogen and oxygen atoms in total. The molecule has 0 amide bonds. The van der Waals surface area contributed by atoms with Gasteiger partial charge in [-0.05, 0) is 37.3 Å². The monoisotopic (exact) mass is 411 g/mol. The third-order valence-electron chi connectivity index (χ3n) is 4.39. The lowest BCUT2D eigenvalue weighted by atomic mass is 9.94. The van der Waals surface area contributed by atoms with Crippen molar-refractivity contribution in [2.75, 3.05) is 6.54 Å².